The average molecular weight is 386 g/mol. The highest BCUT2D eigenvalue weighted by Gasteiger charge is 2.37. The fourth-order valence-electron chi connectivity index (χ4n) is 3.52. The molecule has 0 aliphatic carbocycles. The number of rotatable bonds is 2. The largest absolute Gasteiger partial charge is 0.338 e. The summed E-state index contributed by atoms with van der Waals surface area (Å²) in [5.74, 6) is -0.929. The molecule has 140 valence electrons. The van der Waals surface area contributed by atoms with Gasteiger partial charge in [-0.2, -0.15) is 0 Å². The second kappa shape index (κ2) is 6.81. The molecule has 1 amide bonds. The zero-order valence-corrected chi connectivity index (χ0v) is 15.5. The monoisotopic (exact) mass is 386 g/mol. The Labute approximate surface area is 157 Å². The van der Waals surface area contributed by atoms with Crippen LogP contribution in [0.3, 0.4) is 0 Å². The molecule has 2 aliphatic heterocycles. The minimum Gasteiger partial charge on any atom is -0.338 e. The van der Waals surface area contributed by atoms with Crippen molar-refractivity contribution in [1.29, 1.82) is 0 Å². The maximum atomic E-state index is 13.8. The third kappa shape index (κ3) is 3.12. The molecule has 7 heteroatoms. The molecule has 2 heterocycles. The van der Waals surface area contributed by atoms with Crippen LogP contribution in [0.25, 0.3) is 0 Å². The Morgan fingerprint density at radius 2 is 1.70 bits per heavy atom. The second-order valence-corrected chi connectivity index (χ2v) is 8.55. The van der Waals surface area contributed by atoms with Crippen LogP contribution in [-0.4, -0.2) is 32.3 Å². The fourth-order valence-corrected chi connectivity index (χ4v) is 5.06. The number of benzene rings is 2. The van der Waals surface area contributed by atoms with Gasteiger partial charge in [-0.25, -0.2) is 12.8 Å². The Kier molecular flexibility index (Phi) is 4.47. The molecule has 0 atom stereocenters. The summed E-state index contributed by atoms with van der Waals surface area (Å²) in [6.45, 7) is 1.10. The number of amides is 1. The molecule has 0 aromatic heterocycles. The molecule has 0 bridgehead atoms. The van der Waals surface area contributed by atoms with E-state index < -0.39 is 21.6 Å². The Morgan fingerprint density at radius 1 is 0.963 bits per heavy atom. The van der Waals surface area contributed by atoms with Crippen LogP contribution in [-0.2, 0) is 14.6 Å². The van der Waals surface area contributed by atoms with Gasteiger partial charge in [-0.3, -0.25) is 4.79 Å². The zero-order chi connectivity index (χ0) is 19.0. The van der Waals surface area contributed by atoms with Crippen molar-refractivity contribution in [2.45, 2.75) is 24.2 Å². The standard InChI is InChI=1S/C20H19FN2O3S/c21-15-7-6-8-16(13-15)23-14-19(20(24)22-11-4-1-5-12-22)27(25,26)18-10-3-2-9-17(18)23/h2-3,6-10,13-14H,1,4-5,11-12H2. The first kappa shape index (κ1) is 17.7. The van der Waals surface area contributed by atoms with Crippen molar-refractivity contribution in [2.24, 2.45) is 0 Å². The number of sulfone groups is 1. The van der Waals surface area contributed by atoms with Crippen molar-refractivity contribution in [1.82, 2.24) is 4.90 Å². The van der Waals surface area contributed by atoms with Crippen molar-refractivity contribution in [3.63, 3.8) is 0 Å². The first-order valence-corrected chi connectivity index (χ1v) is 10.4. The van der Waals surface area contributed by atoms with Gasteiger partial charge < -0.3 is 9.80 Å². The number of anilines is 2. The lowest BCUT2D eigenvalue weighted by Gasteiger charge is -2.32. The van der Waals surface area contributed by atoms with E-state index in [1.807, 2.05) is 0 Å². The van der Waals surface area contributed by atoms with Gasteiger partial charge in [0.1, 0.15) is 5.82 Å². The quantitative estimate of drug-likeness (QED) is 0.791. The van der Waals surface area contributed by atoms with E-state index in [1.54, 1.807) is 40.1 Å². The number of carbonyl (C=O) groups excluding carboxylic acids is 1. The van der Waals surface area contributed by atoms with Crippen molar-refractivity contribution in [3.05, 3.63) is 65.5 Å². The molecule has 5 nitrogen and oxygen atoms in total. The summed E-state index contributed by atoms with van der Waals surface area (Å²) in [6, 6.07) is 12.3. The first-order valence-electron chi connectivity index (χ1n) is 8.88. The molecule has 0 unspecified atom stereocenters. The minimum atomic E-state index is -3.95. The lowest BCUT2D eigenvalue weighted by Crippen LogP contribution is -2.39. The van der Waals surface area contributed by atoms with Crippen molar-refractivity contribution in [3.8, 4) is 0 Å². The molecule has 0 radical (unpaired) electrons. The van der Waals surface area contributed by atoms with Gasteiger partial charge in [0, 0.05) is 25.0 Å². The third-order valence-electron chi connectivity index (χ3n) is 4.89. The summed E-state index contributed by atoms with van der Waals surface area (Å²) in [6.07, 6.45) is 4.09. The lowest BCUT2D eigenvalue weighted by atomic mass is 10.1. The van der Waals surface area contributed by atoms with Gasteiger partial charge in [0.25, 0.3) is 5.91 Å². The van der Waals surface area contributed by atoms with Crippen LogP contribution in [0, 0.1) is 5.82 Å². The minimum absolute atomic E-state index is 0.0529. The van der Waals surface area contributed by atoms with E-state index in [9.17, 15) is 17.6 Å². The van der Waals surface area contributed by atoms with Gasteiger partial charge in [0.05, 0.1) is 10.6 Å². The van der Waals surface area contributed by atoms with Crippen LogP contribution in [0.1, 0.15) is 19.3 Å². The number of piperidine rings is 1. The Morgan fingerprint density at radius 3 is 2.44 bits per heavy atom. The molecular formula is C20H19FN2O3S. The highest BCUT2D eigenvalue weighted by atomic mass is 32.2. The van der Waals surface area contributed by atoms with E-state index in [-0.39, 0.29) is 9.80 Å². The van der Waals surface area contributed by atoms with E-state index in [0.717, 1.165) is 19.3 Å². The second-order valence-electron chi connectivity index (χ2n) is 6.67. The van der Waals surface area contributed by atoms with Crippen LogP contribution in [0.5, 0.6) is 0 Å². The van der Waals surface area contributed by atoms with Crippen LogP contribution in [0.4, 0.5) is 15.8 Å². The van der Waals surface area contributed by atoms with E-state index in [2.05, 4.69) is 0 Å². The molecule has 2 aliphatic rings. The normalized spacial score (nSPS) is 18.6. The maximum Gasteiger partial charge on any atom is 0.267 e. The molecule has 2 aromatic rings. The Hall–Kier alpha value is -2.67. The smallest absolute Gasteiger partial charge is 0.267 e. The van der Waals surface area contributed by atoms with Gasteiger partial charge in [-0.15, -0.1) is 0 Å². The molecule has 0 N–H and O–H groups in total. The zero-order valence-electron chi connectivity index (χ0n) is 14.6. The summed E-state index contributed by atoms with van der Waals surface area (Å²) < 4.78 is 40.0. The molecule has 1 fully saturated rings. The predicted molar refractivity (Wildman–Crippen MR) is 101 cm³/mol. The molecular weight excluding hydrogens is 367 g/mol. The third-order valence-corrected chi connectivity index (χ3v) is 6.67. The van der Waals surface area contributed by atoms with Crippen LogP contribution in [0.2, 0.25) is 0 Å². The van der Waals surface area contributed by atoms with Crippen LogP contribution in [0.15, 0.2) is 64.5 Å². The molecule has 27 heavy (non-hydrogen) atoms. The highest BCUT2D eigenvalue weighted by molar-refractivity contribution is 7.96. The fraction of sp³-hybridized carbons (Fsp3) is 0.250. The Balaban J connectivity index is 1.86. The molecule has 0 saturated carbocycles. The number of halogens is 1. The summed E-state index contributed by atoms with van der Waals surface area (Å²) in [7, 11) is -3.95. The van der Waals surface area contributed by atoms with Gasteiger partial charge in [-0.1, -0.05) is 18.2 Å². The summed E-state index contributed by atoms with van der Waals surface area (Å²) in [5.41, 5.74) is 0.861. The molecule has 1 saturated heterocycles. The van der Waals surface area contributed by atoms with E-state index in [1.165, 1.54) is 24.4 Å². The van der Waals surface area contributed by atoms with Crippen molar-refractivity contribution in [2.75, 3.05) is 18.0 Å². The molecule has 4 rings (SSSR count). The summed E-state index contributed by atoms with van der Waals surface area (Å²) in [4.78, 5) is 15.9. The van der Waals surface area contributed by atoms with Gasteiger partial charge in [-0.05, 0) is 49.6 Å². The number of fused-ring (bicyclic) bond motifs is 1. The van der Waals surface area contributed by atoms with Crippen LogP contribution >= 0.6 is 0 Å². The topological polar surface area (TPSA) is 57.7 Å². The van der Waals surface area contributed by atoms with E-state index in [4.69, 9.17) is 0 Å². The predicted octanol–water partition coefficient (Wildman–Crippen LogP) is 3.61. The number of para-hydroxylation sites is 1. The van der Waals surface area contributed by atoms with E-state index in [0.29, 0.717) is 24.5 Å². The highest BCUT2D eigenvalue weighted by Crippen LogP contribution is 2.40. The first-order chi connectivity index (χ1) is 13.0. The number of likely N-dealkylation sites (tertiary alicyclic amines) is 1. The number of hydrogen-bond donors (Lipinski definition) is 0. The summed E-state index contributed by atoms with van der Waals surface area (Å²) >= 11 is 0. The molecule has 2 aromatic carbocycles. The average Bonchev–Trinajstić information content (AvgIpc) is 2.68. The van der Waals surface area contributed by atoms with Gasteiger partial charge >= 0.3 is 0 Å². The molecule has 0 spiro atoms. The maximum absolute atomic E-state index is 13.8. The van der Waals surface area contributed by atoms with Crippen molar-refractivity contribution < 1.29 is 17.6 Å². The summed E-state index contributed by atoms with van der Waals surface area (Å²) in [5, 5.41) is 0. The number of carbonyl (C=O) groups is 1. The number of hydrogen-bond acceptors (Lipinski definition) is 4. The Bertz CT molecular complexity index is 1030. The SMILES string of the molecule is O=C(C1=CN(c2cccc(F)c2)c2ccccc2S1(=O)=O)N1CCCCC1. The lowest BCUT2D eigenvalue weighted by molar-refractivity contribution is -0.127. The van der Waals surface area contributed by atoms with Gasteiger partial charge in [0.15, 0.2) is 4.91 Å². The van der Waals surface area contributed by atoms with Gasteiger partial charge in [0.2, 0.25) is 9.84 Å². The van der Waals surface area contributed by atoms with Crippen molar-refractivity contribution >= 4 is 27.1 Å². The van der Waals surface area contributed by atoms with E-state index >= 15 is 0 Å². The number of nitrogens with zero attached hydrogens (tertiary/aromatic N) is 2. The van der Waals surface area contributed by atoms with Crippen LogP contribution < -0.4 is 4.90 Å².